The third-order valence-corrected chi connectivity index (χ3v) is 8.22. The Labute approximate surface area is 196 Å². The molecule has 2 heterocycles. The number of aromatic nitrogens is 2. The molecule has 0 bridgehead atoms. The summed E-state index contributed by atoms with van der Waals surface area (Å²) >= 11 is 1.29. The summed E-state index contributed by atoms with van der Waals surface area (Å²) < 4.78 is 47.6. The number of aryl methyl sites for hydroxylation is 1. The Morgan fingerprint density at radius 2 is 1.91 bits per heavy atom. The maximum atomic E-state index is 13.0. The number of amides is 1. The van der Waals surface area contributed by atoms with Crippen molar-refractivity contribution in [3.8, 4) is 0 Å². The number of sulfonamides is 1. The molecule has 0 atom stereocenters. The van der Waals surface area contributed by atoms with Gasteiger partial charge < -0.3 is 14.6 Å². The van der Waals surface area contributed by atoms with Crippen LogP contribution < -0.4 is 5.32 Å². The molecule has 0 radical (unpaired) electrons. The zero-order valence-electron chi connectivity index (χ0n) is 18.2. The Morgan fingerprint density at radius 3 is 2.61 bits per heavy atom. The van der Waals surface area contributed by atoms with Crippen molar-refractivity contribution in [1.29, 1.82) is 0 Å². The van der Waals surface area contributed by atoms with Gasteiger partial charge in [0.15, 0.2) is 5.16 Å². The number of morpholine rings is 1. The number of halogens is 1. The van der Waals surface area contributed by atoms with E-state index in [0.717, 1.165) is 11.1 Å². The topological polar surface area (TPSA) is 93.5 Å². The fraction of sp³-hybridized carbons (Fsp3) is 0.364. The van der Waals surface area contributed by atoms with E-state index in [1.54, 1.807) is 30.3 Å². The molecule has 1 aromatic heterocycles. The van der Waals surface area contributed by atoms with Crippen molar-refractivity contribution in [2.24, 2.45) is 0 Å². The van der Waals surface area contributed by atoms with Crippen molar-refractivity contribution in [2.75, 3.05) is 32.1 Å². The van der Waals surface area contributed by atoms with E-state index in [9.17, 15) is 17.6 Å². The van der Waals surface area contributed by atoms with Gasteiger partial charge in [0, 0.05) is 26.2 Å². The summed E-state index contributed by atoms with van der Waals surface area (Å²) in [6, 6.07) is 10.9. The molecule has 1 amide bonds. The van der Waals surface area contributed by atoms with Crippen LogP contribution in [0.15, 0.2) is 52.5 Å². The summed E-state index contributed by atoms with van der Waals surface area (Å²) in [7, 11) is -3.62. The van der Waals surface area contributed by atoms with Crippen molar-refractivity contribution in [3.05, 3.63) is 53.8 Å². The van der Waals surface area contributed by atoms with E-state index in [0.29, 0.717) is 50.1 Å². The molecule has 1 N–H and O–H groups in total. The van der Waals surface area contributed by atoms with E-state index >= 15 is 0 Å². The molecule has 8 nitrogen and oxygen atoms in total. The molecule has 3 aromatic rings. The molecular formula is C22H25FN4O4S2. The van der Waals surface area contributed by atoms with Gasteiger partial charge in [-0.25, -0.2) is 17.8 Å². The van der Waals surface area contributed by atoms with Gasteiger partial charge in [-0.15, -0.1) is 0 Å². The number of carbonyl (C=O) groups is 1. The van der Waals surface area contributed by atoms with Gasteiger partial charge in [0.1, 0.15) is 5.82 Å². The molecule has 1 aliphatic heterocycles. The van der Waals surface area contributed by atoms with Crippen LogP contribution >= 0.6 is 11.8 Å². The van der Waals surface area contributed by atoms with Gasteiger partial charge in [-0.3, -0.25) is 4.79 Å². The van der Waals surface area contributed by atoms with Crippen LogP contribution in [0.3, 0.4) is 0 Å². The smallest absolute Gasteiger partial charge is 0.243 e. The van der Waals surface area contributed by atoms with Gasteiger partial charge in [-0.1, -0.05) is 23.9 Å². The van der Waals surface area contributed by atoms with Crippen LogP contribution in [0.5, 0.6) is 0 Å². The van der Waals surface area contributed by atoms with E-state index in [-0.39, 0.29) is 22.4 Å². The summed E-state index contributed by atoms with van der Waals surface area (Å²) in [5, 5.41) is 3.45. The number of carbonyl (C=O) groups excluding carboxylic acids is 1. The average molecular weight is 493 g/mol. The summed E-state index contributed by atoms with van der Waals surface area (Å²) in [5.74, 6) is -0.335. The quantitative estimate of drug-likeness (QED) is 0.486. The first-order chi connectivity index (χ1) is 15.9. The van der Waals surface area contributed by atoms with Gasteiger partial charge in [0.25, 0.3) is 0 Å². The van der Waals surface area contributed by atoms with E-state index in [1.807, 2.05) is 11.5 Å². The van der Waals surface area contributed by atoms with Crippen molar-refractivity contribution in [1.82, 2.24) is 19.2 Å². The Morgan fingerprint density at radius 1 is 1.18 bits per heavy atom. The monoisotopic (exact) mass is 492 g/mol. The minimum atomic E-state index is -3.62. The number of nitrogens with zero attached hydrogens (tertiary/aromatic N) is 3. The number of thioether (sulfide) groups is 1. The van der Waals surface area contributed by atoms with Gasteiger partial charge in [0.05, 0.1) is 34.9 Å². The molecule has 11 heteroatoms. The van der Waals surface area contributed by atoms with Gasteiger partial charge >= 0.3 is 0 Å². The minimum Gasteiger partial charge on any atom is -0.379 e. The second kappa shape index (κ2) is 10.2. The standard InChI is InChI=1S/C22H25FN4O4S2/c1-2-27-20-8-7-18(33(29,30)26-9-11-31-12-10-26)13-19(20)25-22(27)32-15-21(28)24-14-16-3-5-17(23)6-4-16/h3-8,13H,2,9-12,14-15H2,1H3,(H,24,28). The van der Waals surface area contributed by atoms with Crippen LogP contribution in [-0.2, 0) is 32.6 Å². The number of hydrogen-bond donors (Lipinski definition) is 1. The first kappa shape index (κ1) is 23.7. The largest absolute Gasteiger partial charge is 0.379 e. The van der Waals surface area contributed by atoms with Crippen molar-refractivity contribution < 1.29 is 22.3 Å². The second-order valence-corrected chi connectivity index (χ2v) is 10.4. The fourth-order valence-corrected chi connectivity index (χ4v) is 5.92. The van der Waals surface area contributed by atoms with Crippen LogP contribution in [0.2, 0.25) is 0 Å². The van der Waals surface area contributed by atoms with Crippen LogP contribution in [0.4, 0.5) is 4.39 Å². The number of imidazole rings is 1. The predicted molar refractivity (Wildman–Crippen MR) is 124 cm³/mol. The highest BCUT2D eigenvalue weighted by atomic mass is 32.2. The minimum absolute atomic E-state index is 0.156. The highest BCUT2D eigenvalue weighted by Crippen LogP contribution is 2.27. The lowest BCUT2D eigenvalue weighted by atomic mass is 10.2. The molecule has 2 aromatic carbocycles. The summed E-state index contributed by atoms with van der Waals surface area (Å²) in [5.41, 5.74) is 2.19. The van der Waals surface area contributed by atoms with E-state index in [1.165, 1.54) is 28.2 Å². The maximum absolute atomic E-state index is 13.0. The van der Waals surface area contributed by atoms with Crippen LogP contribution in [-0.4, -0.2) is 60.2 Å². The van der Waals surface area contributed by atoms with Gasteiger partial charge in [-0.2, -0.15) is 4.31 Å². The molecule has 0 spiro atoms. The molecule has 1 saturated heterocycles. The van der Waals surface area contributed by atoms with Crippen LogP contribution in [0, 0.1) is 5.82 Å². The molecule has 0 saturated carbocycles. The number of hydrogen-bond acceptors (Lipinski definition) is 6. The molecule has 1 aliphatic rings. The van der Waals surface area contributed by atoms with Gasteiger partial charge in [0.2, 0.25) is 15.9 Å². The lowest BCUT2D eigenvalue weighted by Gasteiger charge is -2.26. The molecular weight excluding hydrogens is 467 g/mol. The van der Waals surface area contributed by atoms with Crippen molar-refractivity contribution in [3.63, 3.8) is 0 Å². The third kappa shape index (κ3) is 5.37. The summed E-state index contributed by atoms with van der Waals surface area (Å²) in [6.45, 7) is 4.35. The lowest BCUT2D eigenvalue weighted by molar-refractivity contribution is -0.118. The van der Waals surface area contributed by atoms with Crippen LogP contribution in [0.25, 0.3) is 11.0 Å². The summed E-state index contributed by atoms with van der Waals surface area (Å²) in [4.78, 5) is 17.1. The number of nitrogens with one attached hydrogen (secondary N) is 1. The molecule has 1 fully saturated rings. The Balaban J connectivity index is 1.46. The SMILES string of the molecule is CCn1c(SCC(=O)NCc2ccc(F)cc2)nc2cc(S(=O)(=O)N3CCOCC3)ccc21. The number of ether oxygens (including phenoxy) is 1. The molecule has 0 aliphatic carbocycles. The van der Waals surface area contributed by atoms with E-state index in [4.69, 9.17) is 4.74 Å². The normalized spacial score (nSPS) is 15.1. The molecule has 4 rings (SSSR count). The zero-order valence-corrected chi connectivity index (χ0v) is 19.8. The van der Waals surface area contributed by atoms with Crippen molar-refractivity contribution in [2.45, 2.75) is 30.1 Å². The Hall–Kier alpha value is -2.47. The highest BCUT2D eigenvalue weighted by Gasteiger charge is 2.27. The first-order valence-corrected chi connectivity index (χ1v) is 13.0. The number of fused-ring (bicyclic) bond motifs is 1. The van der Waals surface area contributed by atoms with Crippen molar-refractivity contribution >= 4 is 38.7 Å². The highest BCUT2D eigenvalue weighted by molar-refractivity contribution is 7.99. The average Bonchev–Trinajstić information content (AvgIpc) is 3.19. The predicted octanol–water partition coefficient (Wildman–Crippen LogP) is 2.62. The van der Waals surface area contributed by atoms with E-state index in [2.05, 4.69) is 10.3 Å². The first-order valence-electron chi connectivity index (χ1n) is 10.6. The Kier molecular flexibility index (Phi) is 7.32. The molecule has 0 unspecified atom stereocenters. The van der Waals surface area contributed by atoms with Gasteiger partial charge in [-0.05, 0) is 42.8 Å². The summed E-state index contributed by atoms with van der Waals surface area (Å²) in [6.07, 6.45) is 0. The van der Waals surface area contributed by atoms with E-state index < -0.39 is 10.0 Å². The molecule has 33 heavy (non-hydrogen) atoms. The maximum Gasteiger partial charge on any atom is 0.243 e. The third-order valence-electron chi connectivity index (χ3n) is 5.34. The number of rotatable bonds is 8. The number of benzene rings is 2. The van der Waals surface area contributed by atoms with Crippen LogP contribution in [0.1, 0.15) is 12.5 Å². The lowest BCUT2D eigenvalue weighted by Crippen LogP contribution is -2.40. The second-order valence-electron chi connectivity index (χ2n) is 7.50. The molecule has 176 valence electrons. The fourth-order valence-electron chi connectivity index (χ4n) is 3.58. The Bertz CT molecular complexity index is 1240. The zero-order chi connectivity index (χ0) is 23.4.